The summed E-state index contributed by atoms with van der Waals surface area (Å²) in [4.78, 5) is 1.97. The Morgan fingerprint density at radius 3 is 2.18 bits per heavy atom. The van der Waals surface area contributed by atoms with E-state index in [4.69, 9.17) is 5.73 Å². The Morgan fingerprint density at radius 2 is 1.59 bits per heavy atom. The second kappa shape index (κ2) is 4.45. The van der Waals surface area contributed by atoms with Gasteiger partial charge in [-0.15, -0.1) is 0 Å². The van der Waals surface area contributed by atoms with E-state index in [1.807, 2.05) is 37.1 Å². The van der Waals surface area contributed by atoms with Crippen molar-refractivity contribution in [2.75, 3.05) is 17.7 Å². The summed E-state index contributed by atoms with van der Waals surface area (Å²) in [6.07, 6.45) is 0. The van der Waals surface area contributed by atoms with E-state index in [9.17, 15) is 4.39 Å². The van der Waals surface area contributed by atoms with Crippen LogP contribution in [0.25, 0.3) is 0 Å². The lowest BCUT2D eigenvalue weighted by Crippen LogP contribution is -2.09. The largest absolute Gasteiger partial charge is 0.398 e. The third-order valence-electron chi connectivity index (χ3n) is 2.86. The number of benzene rings is 2. The maximum Gasteiger partial charge on any atom is 0.123 e. The lowest BCUT2D eigenvalue weighted by Gasteiger charge is -2.20. The highest BCUT2D eigenvalue weighted by Gasteiger charge is 2.05. The van der Waals surface area contributed by atoms with Crippen LogP contribution in [-0.4, -0.2) is 7.05 Å². The van der Waals surface area contributed by atoms with E-state index in [0.717, 1.165) is 22.6 Å². The minimum absolute atomic E-state index is 0.231. The Morgan fingerprint density at radius 1 is 1.00 bits per heavy atom. The molecule has 3 heteroatoms. The highest BCUT2D eigenvalue weighted by Crippen LogP contribution is 2.26. The Labute approximate surface area is 100 Å². The van der Waals surface area contributed by atoms with E-state index in [1.165, 1.54) is 12.1 Å². The summed E-state index contributed by atoms with van der Waals surface area (Å²) >= 11 is 0. The van der Waals surface area contributed by atoms with Crippen LogP contribution in [0.15, 0.2) is 42.5 Å². The first kappa shape index (κ1) is 11.5. The van der Waals surface area contributed by atoms with Crippen LogP contribution >= 0.6 is 0 Å². The van der Waals surface area contributed by atoms with Gasteiger partial charge in [-0.2, -0.15) is 0 Å². The van der Waals surface area contributed by atoms with Gasteiger partial charge in [0.25, 0.3) is 0 Å². The maximum absolute atomic E-state index is 12.8. The smallest absolute Gasteiger partial charge is 0.123 e. The molecule has 0 aromatic heterocycles. The minimum atomic E-state index is -0.231. The minimum Gasteiger partial charge on any atom is -0.398 e. The molecule has 2 nitrogen and oxygen atoms in total. The van der Waals surface area contributed by atoms with Gasteiger partial charge in [0.2, 0.25) is 0 Å². The Hall–Kier alpha value is -2.03. The zero-order chi connectivity index (χ0) is 12.4. The molecule has 0 aliphatic carbocycles. The lowest BCUT2D eigenvalue weighted by atomic mass is 10.1. The van der Waals surface area contributed by atoms with Crippen LogP contribution in [0, 0.1) is 12.7 Å². The number of halogens is 1. The Bertz CT molecular complexity index is 520. The summed E-state index contributed by atoms with van der Waals surface area (Å²) in [6, 6.07) is 12.3. The molecule has 88 valence electrons. The molecule has 0 spiro atoms. The second-order valence-corrected chi connectivity index (χ2v) is 4.08. The van der Waals surface area contributed by atoms with Gasteiger partial charge in [-0.05, 0) is 48.9 Å². The third kappa shape index (κ3) is 2.38. The van der Waals surface area contributed by atoms with Crippen molar-refractivity contribution >= 4 is 17.1 Å². The summed E-state index contributed by atoms with van der Waals surface area (Å²) in [6.45, 7) is 1.97. The molecule has 0 radical (unpaired) electrons. The molecule has 2 N–H and O–H groups in total. The van der Waals surface area contributed by atoms with Gasteiger partial charge in [0.05, 0.1) is 0 Å². The Kier molecular flexibility index (Phi) is 3.00. The van der Waals surface area contributed by atoms with Gasteiger partial charge in [0, 0.05) is 24.1 Å². The van der Waals surface area contributed by atoms with Gasteiger partial charge in [0.15, 0.2) is 0 Å². The first-order valence-electron chi connectivity index (χ1n) is 5.43. The number of hydrogen-bond acceptors (Lipinski definition) is 2. The van der Waals surface area contributed by atoms with Crippen molar-refractivity contribution in [1.82, 2.24) is 0 Å². The normalized spacial score (nSPS) is 10.3. The molecule has 0 fully saturated rings. The molecule has 2 rings (SSSR count). The second-order valence-electron chi connectivity index (χ2n) is 4.08. The maximum atomic E-state index is 12.8. The van der Waals surface area contributed by atoms with Crippen molar-refractivity contribution in [3.05, 3.63) is 53.8 Å². The molecule has 0 saturated carbocycles. The van der Waals surface area contributed by atoms with Gasteiger partial charge in [-0.25, -0.2) is 4.39 Å². The van der Waals surface area contributed by atoms with Crippen molar-refractivity contribution in [2.45, 2.75) is 6.92 Å². The van der Waals surface area contributed by atoms with Crippen LogP contribution in [0.5, 0.6) is 0 Å². The molecule has 0 heterocycles. The summed E-state index contributed by atoms with van der Waals surface area (Å²) in [5, 5.41) is 0. The van der Waals surface area contributed by atoms with E-state index in [2.05, 4.69) is 0 Å². The van der Waals surface area contributed by atoms with Gasteiger partial charge in [0.1, 0.15) is 5.82 Å². The molecule has 17 heavy (non-hydrogen) atoms. The quantitative estimate of drug-likeness (QED) is 0.800. The monoisotopic (exact) mass is 230 g/mol. The fourth-order valence-corrected chi connectivity index (χ4v) is 1.65. The van der Waals surface area contributed by atoms with E-state index in [1.54, 1.807) is 12.1 Å². The highest BCUT2D eigenvalue weighted by molar-refractivity contribution is 5.67. The van der Waals surface area contributed by atoms with Gasteiger partial charge < -0.3 is 10.6 Å². The summed E-state index contributed by atoms with van der Waals surface area (Å²) in [7, 11) is 1.93. The van der Waals surface area contributed by atoms with Crippen LogP contribution in [0.2, 0.25) is 0 Å². The van der Waals surface area contributed by atoms with Gasteiger partial charge >= 0.3 is 0 Å². The topological polar surface area (TPSA) is 29.3 Å². The van der Waals surface area contributed by atoms with E-state index < -0.39 is 0 Å². The van der Waals surface area contributed by atoms with Crippen molar-refractivity contribution in [1.29, 1.82) is 0 Å². The number of hydrogen-bond donors (Lipinski definition) is 1. The number of anilines is 3. The molecule has 0 saturated heterocycles. The van der Waals surface area contributed by atoms with Crippen LogP contribution in [0.1, 0.15) is 5.56 Å². The number of rotatable bonds is 2. The number of aryl methyl sites for hydroxylation is 1. The molecule has 0 bridgehead atoms. The van der Waals surface area contributed by atoms with E-state index in [0.29, 0.717) is 0 Å². The SMILES string of the molecule is Cc1ccc(N(C)c2ccc(F)cc2)cc1N. The van der Waals surface area contributed by atoms with Crippen LogP contribution in [0.4, 0.5) is 21.5 Å². The third-order valence-corrected chi connectivity index (χ3v) is 2.86. The summed E-state index contributed by atoms with van der Waals surface area (Å²) in [5.74, 6) is -0.231. The molecule has 2 aromatic carbocycles. The number of nitrogens with two attached hydrogens (primary N) is 1. The predicted molar refractivity (Wildman–Crippen MR) is 70.1 cm³/mol. The molecule has 0 aliphatic heterocycles. The molecule has 0 atom stereocenters. The molecule has 2 aromatic rings. The fourth-order valence-electron chi connectivity index (χ4n) is 1.65. The highest BCUT2D eigenvalue weighted by atomic mass is 19.1. The molecule has 0 amide bonds. The average molecular weight is 230 g/mol. The number of nitrogen functional groups attached to an aromatic ring is 1. The molecular formula is C14H15FN2. The fraction of sp³-hybridized carbons (Fsp3) is 0.143. The summed E-state index contributed by atoms with van der Waals surface area (Å²) in [5.41, 5.74) is 9.60. The van der Waals surface area contributed by atoms with Gasteiger partial charge in [-0.1, -0.05) is 6.07 Å². The van der Waals surface area contributed by atoms with E-state index >= 15 is 0 Å². The van der Waals surface area contributed by atoms with Crippen molar-refractivity contribution in [3.8, 4) is 0 Å². The Balaban J connectivity index is 2.33. The first-order valence-corrected chi connectivity index (χ1v) is 5.43. The standard InChI is InChI=1S/C14H15FN2/c1-10-3-6-13(9-14(10)16)17(2)12-7-4-11(15)5-8-12/h3-9H,16H2,1-2H3. The van der Waals surface area contributed by atoms with Crippen LogP contribution in [-0.2, 0) is 0 Å². The van der Waals surface area contributed by atoms with Crippen molar-refractivity contribution < 1.29 is 4.39 Å². The predicted octanol–water partition coefficient (Wildman–Crippen LogP) is 3.48. The summed E-state index contributed by atoms with van der Waals surface area (Å²) < 4.78 is 12.8. The number of nitrogens with zero attached hydrogens (tertiary/aromatic N) is 1. The van der Waals surface area contributed by atoms with Crippen LogP contribution in [0.3, 0.4) is 0 Å². The molecule has 0 unspecified atom stereocenters. The lowest BCUT2D eigenvalue weighted by molar-refractivity contribution is 0.628. The average Bonchev–Trinajstić information content (AvgIpc) is 2.33. The van der Waals surface area contributed by atoms with Crippen molar-refractivity contribution in [3.63, 3.8) is 0 Å². The molecule has 0 aliphatic rings. The molecular weight excluding hydrogens is 215 g/mol. The van der Waals surface area contributed by atoms with Gasteiger partial charge in [-0.3, -0.25) is 0 Å². The zero-order valence-electron chi connectivity index (χ0n) is 9.94. The van der Waals surface area contributed by atoms with Crippen LogP contribution < -0.4 is 10.6 Å². The van der Waals surface area contributed by atoms with Crippen molar-refractivity contribution in [2.24, 2.45) is 0 Å². The first-order chi connectivity index (χ1) is 8.08. The zero-order valence-corrected chi connectivity index (χ0v) is 9.94. The van der Waals surface area contributed by atoms with E-state index in [-0.39, 0.29) is 5.82 Å².